The number of hydrogen-bond donors (Lipinski definition) is 1. The molecule has 0 spiro atoms. The fourth-order valence-corrected chi connectivity index (χ4v) is 2.21. The summed E-state index contributed by atoms with van der Waals surface area (Å²) < 4.78 is 0. The molecule has 0 bridgehead atoms. The Morgan fingerprint density at radius 3 is 2.38 bits per heavy atom. The summed E-state index contributed by atoms with van der Waals surface area (Å²) in [7, 11) is 0. The first-order chi connectivity index (χ1) is 7.90. The van der Waals surface area contributed by atoms with E-state index in [9.17, 15) is 0 Å². The average molecular weight is 205 g/mol. The van der Waals surface area contributed by atoms with Crippen molar-refractivity contribution in [3.63, 3.8) is 0 Å². The van der Waals surface area contributed by atoms with Gasteiger partial charge in [-0.3, -0.25) is 0 Å². The van der Waals surface area contributed by atoms with Gasteiger partial charge in [0.1, 0.15) is 0 Å². The molecule has 0 atom stereocenters. The lowest BCUT2D eigenvalue weighted by Gasteiger charge is -2.06. The highest BCUT2D eigenvalue weighted by atomic mass is 14.3. The molecule has 0 aliphatic carbocycles. The second kappa shape index (κ2) is 3.46. The number of hydrogen-bond acceptors (Lipinski definition) is 1. The molecule has 0 heterocycles. The van der Waals surface area contributed by atoms with Crippen molar-refractivity contribution in [1.82, 2.24) is 0 Å². The van der Waals surface area contributed by atoms with Crippen LogP contribution in [0.5, 0.6) is 0 Å². The number of nitrogens with one attached hydrogen (secondary N) is 1. The molecule has 0 saturated heterocycles. The van der Waals surface area contributed by atoms with Gasteiger partial charge < -0.3 is 5.41 Å². The SMILES string of the molecule is N=Cc1cccc2ccc3ccccc3c12. The van der Waals surface area contributed by atoms with E-state index >= 15 is 0 Å². The summed E-state index contributed by atoms with van der Waals surface area (Å²) in [5.74, 6) is 0. The highest BCUT2D eigenvalue weighted by Crippen LogP contribution is 2.27. The second-order valence-corrected chi connectivity index (χ2v) is 3.88. The molecule has 0 saturated carbocycles. The third kappa shape index (κ3) is 1.22. The topological polar surface area (TPSA) is 23.9 Å². The molecule has 0 unspecified atom stereocenters. The van der Waals surface area contributed by atoms with Crippen molar-refractivity contribution in [3.05, 3.63) is 60.2 Å². The van der Waals surface area contributed by atoms with Crippen LogP contribution in [0.15, 0.2) is 54.6 Å². The molecule has 1 N–H and O–H groups in total. The molecule has 1 nitrogen and oxygen atoms in total. The predicted molar refractivity (Wildman–Crippen MR) is 69.3 cm³/mol. The molecule has 0 radical (unpaired) electrons. The van der Waals surface area contributed by atoms with E-state index in [4.69, 9.17) is 5.41 Å². The van der Waals surface area contributed by atoms with Gasteiger partial charge in [-0.25, -0.2) is 0 Å². The van der Waals surface area contributed by atoms with Gasteiger partial charge in [0, 0.05) is 11.8 Å². The third-order valence-electron chi connectivity index (χ3n) is 2.96. The Labute approximate surface area is 93.8 Å². The lowest BCUT2D eigenvalue weighted by atomic mass is 9.98. The quantitative estimate of drug-likeness (QED) is 0.459. The van der Waals surface area contributed by atoms with Crippen molar-refractivity contribution in [2.24, 2.45) is 0 Å². The van der Waals surface area contributed by atoms with E-state index in [2.05, 4.69) is 30.3 Å². The Balaban J connectivity index is 2.62. The summed E-state index contributed by atoms with van der Waals surface area (Å²) in [5, 5.41) is 12.3. The Morgan fingerprint density at radius 2 is 1.50 bits per heavy atom. The molecule has 0 aliphatic rings. The van der Waals surface area contributed by atoms with Crippen LogP contribution in [0.3, 0.4) is 0 Å². The van der Waals surface area contributed by atoms with Gasteiger partial charge in [0.25, 0.3) is 0 Å². The zero-order chi connectivity index (χ0) is 11.0. The minimum Gasteiger partial charge on any atom is -0.308 e. The van der Waals surface area contributed by atoms with Gasteiger partial charge in [0.2, 0.25) is 0 Å². The summed E-state index contributed by atoms with van der Waals surface area (Å²) in [6.07, 6.45) is 1.43. The van der Waals surface area contributed by atoms with Gasteiger partial charge in [0.05, 0.1) is 0 Å². The van der Waals surface area contributed by atoms with E-state index in [0.717, 1.165) is 5.56 Å². The molecule has 0 aliphatic heterocycles. The van der Waals surface area contributed by atoms with Crippen molar-refractivity contribution in [2.45, 2.75) is 0 Å². The van der Waals surface area contributed by atoms with Crippen molar-refractivity contribution < 1.29 is 0 Å². The predicted octanol–water partition coefficient (Wildman–Crippen LogP) is 3.99. The molecule has 3 rings (SSSR count). The summed E-state index contributed by atoms with van der Waals surface area (Å²) in [5.41, 5.74) is 0.981. The fraction of sp³-hybridized carbons (Fsp3) is 0. The van der Waals surface area contributed by atoms with Crippen LogP contribution in [0, 0.1) is 5.41 Å². The van der Waals surface area contributed by atoms with E-state index in [1.807, 2.05) is 24.3 Å². The van der Waals surface area contributed by atoms with Gasteiger partial charge in [0.15, 0.2) is 0 Å². The van der Waals surface area contributed by atoms with E-state index in [1.54, 1.807) is 0 Å². The lowest BCUT2D eigenvalue weighted by Crippen LogP contribution is -1.84. The van der Waals surface area contributed by atoms with E-state index in [0.29, 0.717) is 0 Å². The van der Waals surface area contributed by atoms with Gasteiger partial charge in [-0.2, -0.15) is 0 Å². The van der Waals surface area contributed by atoms with E-state index in [1.165, 1.54) is 27.8 Å². The van der Waals surface area contributed by atoms with Gasteiger partial charge in [-0.05, 0) is 21.5 Å². The molecular weight excluding hydrogens is 194 g/mol. The van der Waals surface area contributed by atoms with Crippen molar-refractivity contribution >= 4 is 27.8 Å². The maximum absolute atomic E-state index is 7.48. The monoisotopic (exact) mass is 205 g/mol. The van der Waals surface area contributed by atoms with Crippen molar-refractivity contribution in [1.29, 1.82) is 5.41 Å². The molecule has 0 fully saturated rings. The van der Waals surface area contributed by atoms with Gasteiger partial charge in [-0.15, -0.1) is 0 Å². The molecule has 3 aromatic rings. The van der Waals surface area contributed by atoms with Gasteiger partial charge >= 0.3 is 0 Å². The zero-order valence-corrected chi connectivity index (χ0v) is 8.77. The third-order valence-corrected chi connectivity index (χ3v) is 2.96. The summed E-state index contributed by atoms with van der Waals surface area (Å²) in [4.78, 5) is 0. The van der Waals surface area contributed by atoms with Crippen LogP contribution in [-0.2, 0) is 0 Å². The minimum atomic E-state index is 0.981. The second-order valence-electron chi connectivity index (χ2n) is 3.88. The smallest absolute Gasteiger partial charge is 0.0256 e. The van der Waals surface area contributed by atoms with E-state index < -0.39 is 0 Å². The zero-order valence-electron chi connectivity index (χ0n) is 8.77. The van der Waals surface area contributed by atoms with Crippen molar-refractivity contribution in [3.8, 4) is 0 Å². The van der Waals surface area contributed by atoms with E-state index in [-0.39, 0.29) is 0 Å². The molecule has 0 amide bonds. The minimum absolute atomic E-state index is 0.981. The number of fused-ring (bicyclic) bond motifs is 3. The maximum Gasteiger partial charge on any atom is 0.0256 e. The largest absolute Gasteiger partial charge is 0.308 e. The first-order valence-electron chi connectivity index (χ1n) is 5.31. The van der Waals surface area contributed by atoms with Crippen LogP contribution >= 0.6 is 0 Å². The molecule has 16 heavy (non-hydrogen) atoms. The van der Waals surface area contributed by atoms with Crippen LogP contribution < -0.4 is 0 Å². The molecule has 76 valence electrons. The molecule has 1 heteroatoms. The Morgan fingerprint density at radius 1 is 0.750 bits per heavy atom. The highest BCUT2D eigenvalue weighted by molar-refractivity contribution is 6.14. The van der Waals surface area contributed by atoms with Crippen LogP contribution in [0.1, 0.15) is 5.56 Å². The number of rotatable bonds is 1. The van der Waals surface area contributed by atoms with Crippen LogP contribution in [0.2, 0.25) is 0 Å². The Bertz CT molecular complexity index is 683. The maximum atomic E-state index is 7.48. The normalized spacial score (nSPS) is 10.8. The van der Waals surface area contributed by atoms with Crippen LogP contribution in [0.25, 0.3) is 21.5 Å². The van der Waals surface area contributed by atoms with Crippen LogP contribution in [-0.4, -0.2) is 6.21 Å². The number of benzene rings is 3. The van der Waals surface area contributed by atoms with Crippen LogP contribution in [0.4, 0.5) is 0 Å². The molecule has 0 aromatic heterocycles. The lowest BCUT2D eigenvalue weighted by molar-refractivity contribution is 1.56. The molecule has 3 aromatic carbocycles. The summed E-state index contributed by atoms with van der Waals surface area (Å²) in [6, 6.07) is 18.6. The van der Waals surface area contributed by atoms with Crippen molar-refractivity contribution in [2.75, 3.05) is 0 Å². The van der Waals surface area contributed by atoms with Gasteiger partial charge in [-0.1, -0.05) is 54.6 Å². The highest BCUT2D eigenvalue weighted by Gasteiger charge is 2.02. The first kappa shape index (κ1) is 9.10. The Hall–Kier alpha value is -2.15. The first-order valence-corrected chi connectivity index (χ1v) is 5.31. The summed E-state index contributed by atoms with van der Waals surface area (Å²) in [6.45, 7) is 0. The fourth-order valence-electron chi connectivity index (χ4n) is 2.21. The average Bonchev–Trinajstić information content (AvgIpc) is 2.37. The molecular formula is C15H11N. The standard InChI is InChI=1S/C15H11N/c16-10-13-6-3-5-12-9-8-11-4-1-2-7-14(11)15(12)13/h1-10,16H. The summed E-state index contributed by atoms with van der Waals surface area (Å²) >= 11 is 0. The Kier molecular flexibility index (Phi) is 1.97.